The minimum absolute atomic E-state index is 0. The number of para-hydroxylation sites is 1. The van der Waals surface area contributed by atoms with Gasteiger partial charge in [0.15, 0.2) is 0 Å². The Morgan fingerprint density at radius 3 is 2.10 bits per heavy atom. The molecule has 0 amide bonds. The molecule has 9 rings (SSSR count). The minimum Gasteiger partial charge on any atom is -0.482 e. The van der Waals surface area contributed by atoms with Crippen LogP contribution in [0.15, 0.2) is 114 Å². The molecule has 0 saturated carbocycles. The molecule has 5 heterocycles. The summed E-state index contributed by atoms with van der Waals surface area (Å²) in [6.45, 7) is 22.4. The number of rotatable bonds is 7. The van der Waals surface area contributed by atoms with Gasteiger partial charge in [-0.2, -0.15) is 0 Å². The van der Waals surface area contributed by atoms with E-state index in [0.717, 1.165) is 55.8 Å². The molecule has 9 aromatic rings. The first kappa shape index (κ1) is 43.5. The number of nitrogens with zero attached hydrogens (tertiary/aromatic N) is 5. The fourth-order valence-electron chi connectivity index (χ4n) is 8.16. The van der Waals surface area contributed by atoms with E-state index < -0.39 is 8.07 Å². The molecular weight excluding hydrogens is 950 g/mol. The Bertz CT molecular complexity index is 2990. The van der Waals surface area contributed by atoms with Crippen molar-refractivity contribution in [2.75, 3.05) is 0 Å². The van der Waals surface area contributed by atoms with E-state index in [2.05, 4.69) is 143 Å². The summed E-state index contributed by atoms with van der Waals surface area (Å²) >= 11 is 0. The number of halogens is 1. The van der Waals surface area contributed by atoms with Crippen LogP contribution < -0.4 is 5.19 Å². The van der Waals surface area contributed by atoms with E-state index in [1.54, 1.807) is 6.07 Å². The Morgan fingerprint density at radius 1 is 0.738 bits per heavy atom. The molecule has 9 heteroatoms. The SMILES string of the molecule is Cc1cc2nc(-c3[c-]nc4oc5cc(F)ccc5c4c3)n(-c3c(C(C)C)cccc3C(C)C)c2cn1.Cc1cccc(C)c1-c1cc(-c2[c-]cccc2)ncc1[Si](C)(C)C.[Ir]. The van der Waals surface area contributed by atoms with Gasteiger partial charge in [-0.1, -0.05) is 95.4 Å². The zero-order valence-electron chi connectivity index (χ0n) is 36.4. The number of furan rings is 1. The number of hydrogen-bond donors (Lipinski definition) is 0. The monoisotopic (exact) mass is 1000 g/mol. The average Bonchev–Trinajstić information content (AvgIpc) is 3.77. The minimum atomic E-state index is -1.50. The van der Waals surface area contributed by atoms with Gasteiger partial charge < -0.3 is 19.0 Å². The number of pyridine rings is 3. The van der Waals surface area contributed by atoms with Gasteiger partial charge in [0.05, 0.1) is 31.1 Å². The fourth-order valence-corrected chi connectivity index (χ4v) is 9.61. The molecule has 4 aromatic carbocycles. The summed E-state index contributed by atoms with van der Waals surface area (Å²) in [6.07, 6.45) is 7.14. The van der Waals surface area contributed by atoms with E-state index in [4.69, 9.17) is 14.4 Å². The smallest absolute Gasteiger partial charge is 0.141 e. The maximum atomic E-state index is 13.8. The van der Waals surface area contributed by atoms with Crippen LogP contribution >= 0.6 is 0 Å². The molecule has 0 unspecified atom stereocenters. The molecule has 0 atom stereocenters. The van der Waals surface area contributed by atoms with Gasteiger partial charge in [-0.25, -0.2) is 4.39 Å². The van der Waals surface area contributed by atoms with Crippen LogP contribution in [0.5, 0.6) is 0 Å². The van der Waals surface area contributed by atoms with E-state index in [1.807, 2.05) is 43.5 Å². The van der Waals surface area contributed by atoms with Crippen molar-refractivity contribution in [1.29, 1.82) is 0 Å². The van der Waals surface area contributed by atoms with Gasteiger partial charge >= 0.3 is 0 Å². The quantitative estimate of drug-likeness (QED) is 0.118. The Hall–Kier alpha value is -5.60. The summed E-state index contributed by atoms with van der Waals surface area (Å²) in [6, 6.07) is 35.2. The van der Waals surface area contributed by atoms with Crippen LogP contribution in [0.25, 0.3) is 72.6 Å². The van der Waals surface area contributed by atoms with Crippen LogP contribution in [0.3, 0.4) is 0 Å². The van der Waals surface area contributed by atoms with Gasteiger partial charge in [0, 0.05) is 49.1 Å². The second-order valence-electron chi connectivity index (χ2n) is 17.3. The Morgan fingerprint density at radius 2 is 1.44 bits per heavy atom. The first-order valence-electron chi connectivity index (χ1n) is 20.6. The van der Waals surface area contributed by atoms with E-state index >= 15 is 0 Å². The number of imidazole rings is 1. The molecule has 0 spiro atoms. The van der Waals surface area contributed by atoms with Crippen molar-refractivity contribution in [3.63, 3.8) is 0 Å². The number of aromatic nitrogens is 5. The Kier molecular flexibility index (Phi) is 12.4. The average molecular weight is 1000 g/mol. The van der Waals surface area contributed by atoms with Gasteiger partial charge in [0.2, 0.25) is 0 Å². The Labute approximate surface area is 372 Å². The molecule has 0 fully saturated rings. The third-order valence-corrected chi connectivity index (χ3v) is 13.2. The van der Waals surface area contributed by atoms with E-state index in [1.165, 1.54) is 50.7 Å². The maximum Gasteiger partial charge on any atom is 0.141 e. The number of fused-ring (bicyclic) bond motifs is 4. The largest absolute Gasteiger partial charge is 0.482 e. The first-order chi connectivity index (χ1) is 28.7. The molecule has 311 valence electrons. The van der Waals surface area contributed by atoms with Gasteiger partial charge in [0.1, 0.15) is 17.1 Å². The second kappa shape index (κ2) is 17.4. The summed E-state index contributed by atoms with van der Waals surface area (Å²) in [5.74, 6) is 1.000. The van der Waals surface area contributed by atoms with Crippen LogP contribution in [0.4, 0.5) is 4.39 Å². The molecule has 6 nitrogen and oxygen atoms in total. The van der Waals surface area contributed by atoms with Gasteiger partial charge in [-0.3, -0.25) is 9.97 Å². The summed E-state index contributed by atoms with van der Waals surface area (Å²) in [7, 11) is -1.50. The van der Waals surface area contributed by atoms with Gasteiger partial charge in [0.25, 0.3) is 0 Å². The normalized spacial score (nSPS) is 11.7. The molecule has 0 aliphatic carbocycles. The molecule has 0 aliphatic heterocycles. The van der Waals surface area contributed by atoms with Gasteiger partial charge in [-0.15, -0.1) is 42.0 Å². The van der Waals surface area contributed by atoms with E-state index in [9.17, 15) is 4.39 Å². The van der Waals surface area contributed by atoms with Crippen molar-refractivity contribution >= 4 is 46.4 Å². The van der Waals surface area contributed by atoms with Crippen LogP contribution in [0, 0.1) is 38.9 Å². The zero-order chi connectivity index (χ0) is 42.5. The third kappa shape index (κ3) is 8.52. The predicted octanol–water partition coefficient (Wildman–Crippen LogP) is 13.3. The molecule has 0 bridgehead atoms. The fraction of sp³-hybridized carbons (Fsp3) is 0.231. The van der Waals surface area contributed by atoms with E-state index in [-0.39, 0.29) is 25.9 Å². The van der Waals surface area contributed by atoms with Crippen LogP contribution in [-0.2, 0) is 20.1 Å². The molecule has 5 aromatic heterocycles. The van der Waals surface area contributed by atoms with Crippen molar-refractivity contribution in [2.24, 2.45) is 0 Å². The zero-order valence-corrected chi connectivity index (χ0v) is 39.8. The van der Waals surface area contributed by atoms with E-state index in [0.29, 0.717) is 23.1 Å². The topological polar surface area (TPSA) is 69.6 Å². The van der Waals surface area contributed by atoms with Crippen molar-refractivity contribution in [3.8, 4) is 39.5 Å². The number of hydrogen-bond acceptors (Lipinski definition) is 5. The van der Waals surface area contributed by atoms with Crippen molar-refractivity contribution in [1.82, 2.24) is 24.5 Å². The maximum absolute atomic E-state index is 13.8. The molecule has 0 N–H and O–H groups in total. The number of benzene rings is 4. The van der Waals surface area contributed by atoms with Crippen molar-refractivity contribution < 1.29 is 28.9 Å². The summed E-state index contributed by atoms with van der Waals surface area (Å²) < 4.78 is 21.8. The van der Waals surface area contributed by atoms with Crippen LogP contribution in [0.2, 0.25) is 19.6 Å². The standard InChI is InChI=1S/C30H26FN4O.C22H24NSi.Ir/c1-16(2)21-7-6-8-22(17(3)4)28(21)35-26-15-32-18(5)11-25(26)34-29(35)19-12-24-23-10-9-20(31)13-27(23)36-30(24)33-14-19;1-16-10-9-11-17(2)22(16)19-14-20(18-12-7-6-8-13-18)23-15-21(19)24(3,4)5;/h6-13,15-17H,1-5H3;6-12,14-15H,1-5H3;/q2*-1;. The van der Waals surface area contributed by atoms with Crippen LogP contribution in [-0.4, -0.2) is 32.6 Å². The molecule has 1 radical (unpaired) electrons. The second-order valence-corrected chi connectivity index (χ2v) is 22.4. The summed E-state index contributed by atoms with van der Waals surface area (Å²) in [5.41, 5.74) is 15.3. The van der Waals surface area contributed by atoms with Gasteiger partial charge in [-0.05, 0) is 107 Å². The Balaban J connectivity index is 0.000000196. The predicted molar refractivity (Wildman–Crippen MR) is 247 cm³/mol. The van der Waals surface area contributed by atoms with Crippen LogP contribution in [0.1, 0.15) is 67.5 Å². The summed E-state index contributed by atoms with van der Waals surface area (Å²) in [5, 5.41) is 3.02. The first-order valence-corrected chi connectivity index (χ1v) is 24.1. The van der Waals surface area contributed by atoms with Crippen molar-refractivity contribution in [3.05, 3.63) is 155 Å². The van der Waals surface area contributed by atoms with Crippen molar-refractivity contribution in [2.45, 2.75) is 79.9 Å². The number of aryl methyl sites for hydroxylation is 3. The molecular formula is C52H50FIrN5OSi-2. The third-order valence-electron chi connectivity index (χ3n) is 11.2. The molecule has 0 aliphatic rings. The molecule has 0 saturated heterocycles. The molecule has 61 heavy (non-hydrogen) atoms. The summed E-state index contributed by atoms with van der Waals surface area (Å²) in [4.78, 5) is 18.9.